The van der Waals surface area contributed by atoms with Gasteiger partial charge in [0.05, 0.1) is 0 Å². The second-order valence-electron chi connectivity index (χ2n) is 5.82. The number of rotatable bonds is 7. The number of likely N-dealkylation sites (N-methyl/N-ethyl adjacent to an activating group) is 1. The lowest BCUT2D eigenvalue weighted by Crippen LogP contribution is -2.35. The molecule has 19 heavy (non-hydrogen) atoms. The molecule has 1 aromatic rings. The predicted octanol–water partition coefficient (Wildman–Crippen LogP) is 1.87. The van der Waals surface area contributed by atoms with Crippen molar-refractivity contribution in [3.8, 4) is 0 Å². The number of hydrogen-bond donors (Lipinski definition) is 1. The molecule has 0 bridgehead atoms. The highest BCUT2D eigenvalue weighted by atomic mass is 15.2. The third-order valence-corrected chi connectivity index (χ3v) is 2.96. The van der Waals surface area contributed by atoms with E-state index >= 15 is 0 Å². The van der Waals surface area contributed by atoms with Gasteiger partial charge in [0, 0.05) is 31.9 Å². The molecule has 0 unspecified atom stereocenters. The molecule has 0 aromatic carbocycles. The van der Waals surface area contributed by atoms with Gasteiger partial charge in [-0.15, -0.1) is 0 Å². The SMILES string of the molecule is Cc1cc(CN)cc(N(CCN(C)C)CC(C)C)n1. The summed E-state index contributed by atoms with van der Waals surface area (Å²) in [5, 5.41) is 0. The van der Waals surface area contributed by atoms with Gasteiger partial charge in [0.25, 0.3) is 0 Å². The van der Waals surface area contributed by atoms with Gasteiger partial charge in [-0.3, -0.25) is 0 Å². The van der Waals surface area contributed by atoms with Crippen molar-refractivity contribution < 1.29 is 0 Å². The van der Waals surface area contributed by atoms with E-state index in [0.717, 1.165) is 36.7 Å². The smallest absolute Gasteiger partial charge is 0.129 e. The van der Waals surface area contributed by atoms with Crippen LogP contribution in [-0.4, -0.2) is 43.6 Å². The van der Waals surface area contributed by atoms with Crippen LogP contribution in [0.1, 0.15) is 25.1 Å². The fourth-order valence-electron chi connectivity index (χ4n) is 2.06. The number of aryl methyl sites for hydroxylation is 1. The number of nitrogens with zero attached hydrogens (tertiary/aromatic N) is 3. The first-order chi connectivity index (χ1) is 8.92. The molecule has 4 heteroatoms. The molecule has 0 saturated heterocycles. The summed E-state index contributed by atoms with van der Waals surface area (Å²) >= 11 is 0. The van der Waals surface area contributed by atoms with Crippen LogP contribution in [-0.2, 0) is 6.54 Å². The maximum absolute atomic E-state index is 5.76. The molecule has 0 atom stereocenters. The van der Waals surface area contributed by atoms with Crippen molar-refractivity contribution in [3.05, 3.63) is 23.4 Å². The van der Waals surface area contributed by atoms with Crippen LogP contribution in [0.3, 0.4) is 0 Å². The zero-order valence-electron chi connectivity index (χ0n) is 13.0. The van der Waals surface area contributed by atoms with E-state index in [0.29, 0.717) is 12.5 Å². The molecule has 0 radical (unpaired) electrons. The van der Waals surface area contributed by atoms with Gasteiger partial charge >= 0.3 is 0 Å². The Labute approximate surface area is 117 Å². The first-order valence-electron chi connectivity index (χ1n) is 6.99. The number of anilines is 1. The minimum atomic E-state index is 0.569. The van der Waals surface area contributed by atoms with Crippen LogP contribution in [0.4, 0.5) is 5.82 Å². The highest BCUT2D eigenvalue weighted by Gasteiger charge is 2.11. The van der Waals surface area contributed by atoms with Crippen molar-refractivity contribution in [1.29, 1.82) is 0 Å². The zero-order valence-corrected chi connectivity index (χ0v) is 13.0. The van der Waals surface area contributed by atoms with Gasteiger partial charge in [-0.05, 0) is 44.6 Å². The third-order valence-electron chi connectivity index (χ3n) is 2.96. The normalized spacial score (nSPS) is 11.4. The lowest BCUT2D eigenvalue weighted by atomic mass is 10.2. The first-order valence-corrected chi connectivity index (χ1v) is 6.99. The van der Waals surface area contributed by atoms with Gasteiger partial charge in [0.2, 0.25) is 0 Å². The molecule has 0 aliphatic rings. The monoisotopic (exact) mass is 264 g/mol. The van der Waals surface area contributed by atoms with E-state index in [1.54, 1.807) is 0 Å². The van der Waals surface area contributed by atoms with Crippen molar-refractivity contribution in [2.45, 2.75) is 27.3 Å². The minimum Gasteiger partial charge on any atom is -0.355 e. The zero-order chi connectivity index (χ0) is 14.4. The molecule has 0 aliphatic heterocycles. The topological polar surface area (TPSA) is 45.4 Å². The number of aromatic nitrogens is 1. The number of hydrogen-bond acceptors (Lipinski definition) is 4. The summed E-state index contributed by atoms with van der Waals surface area (Å²) in [6.45, 7) is 10.1. The van der Waals surface area contributed by atoms with Crippen molar-refractivity contribution >= 4 is 5.82 Å². The molecule has 0 spiro atoms. The van der Waals surface area contributed by atoms with Crippen molar-refractivity contribution in [3.63, 3.8) is 0 Å². The summed E-state index contributed by atoms with van der Waals surface area (Å²) in [6.07, 6.45) is 0. The molecule has 1 aromatic heterocycles. The summed E-state index contributed by atoms with van der Waals surface area (Å²) in [4.78, 5) is 9.22. The molecular formula is C15H28N4. The van der Waals surface area contributed by atoms with Crippen LogP contribution in [0.15, 0.2) is 12.1 Å². The van der Waals surface area contributed by atoms with E-state index in [9.17, 15) is 0 Å². The fourth-order valence-corrected chi connectivity index (χ4v) is 2.06. The van der Waals surface area contributed by atoms with E-state index in [1.807, 2.05) is 6.92 Å². The van der Waals surface area contributed by atoms with Crippen LogP contribution in [0.25, 0.3) is 0 Å². The van der Waals surface area contributed by atoms with Gasteiger partial charge < -0.3 is 15.5 Å². The Morgan fingerprint density at radius 1 is 1.21 bits per heavy atom. The average molecular weight is 264 g/mol. The van der Waals surface area contributed by atoms with Crippen LogP contribution in [0.5, 0.6) is 0 Å². The highest BCUT2D eigenvalue weighted by Crippen LogP contribution is 2.16. The Hall–Kier alpha value is -1.13. The third kappa shape index (κ3) is 5.57. The van der Waals surface area contributed by atoms with Crippen molar-refractivity contribution in [2.75, 3.05) is 38.6 Å². The average Bonchev–Trinajstić information content (AvgIpc) is 2.32. The fraction of sp³-hybridized carbons (Fsp3) is 0.667. The van der Waals surface area contributed by atoms with E-state index in [-0.39, 0.29) is 0 Å². The quantitative estimate of drug-likeness (QED) is 0.816. The molecule has 2 N–H and O–H groups in total. The maximum Gasteiger partial charge on any atom is 0.129 e. The van der Waals surface area contributed by atoms with E-state index in [4.69, 9.17) is 5.73 Å². The molecule has 1 rings (SSSR count). The Bertz CT molecular complexity index is 388. The van der Waals surface area contributed by atoms with E-state index < -0.39 is 0 Å². The molecule has 0 fully saturated rings. The van der Waals surface area contributed by atoms with Crippen LogP contribution in [0, 0.1) is 12.8 Å². The van der Waals surface area contributed by atoms with E-state index in [1.165, 1.54) is 0 Å². The Kier molecular flexibility index (Phi) is 6.25. The second-order valence-corrected chi connectivity index (χ2v) is 5.82. The van der Waals surface area contributed by atoms with Crippen LogP contribution in [0.2, 0.25) is 0 Å². The molecule has 1 heterocycles. The lowest BCUT2D eigenvalue weighted by Gasteiger charge is -2.27. The summed E-state index contributed by atoms with van der Waals surface area (Å²) in [5.41, 5.74) is 7.95. The molecule has 4 nitrogen and oxygen atoms in total. The van der Waals surface area contributed by atoms with Crippen molar-refractivity contribution in [2.24, 2.45) is 11.7 Å². The van der Waals surface area contributed by atoms with Gasteiger partial charge in [-0.1, -0.05) is 13.8 Å². The van der Waals surface area contributed by atoms with E-state index in [2.05, 4.69) is 54.9 Å². The lowest BCUT2D eigenvalue weighted by molar-refractivity contribution is 0.408. The van der Waals surface area contributed by atoms with Gasteiger partial charge in [-0.2, -0.15) is 0 Å². The molecule has 0 aliphatic carbocycles. The van der Waals surface area contributed by atoms with Crippen molar-refractivity contribution in [1.82, 2.24) is 9.88 Å². The summed E-state index contributed by atoms with van der Waals surface area (Å²) in [7, 11) is 4.20. The largest absolute Gasteiger partial charge is 0.355 e. The molecular weight excluding hydrogens is 236 g/mol. The van der Waals surface area contributed by atoms with Crippen LogP contribution >= 0.6 is 0 Å². The number of pyridine rings is 1. The molecule has 0 amide bonds. The maximum atomic E-state index is 5.76. The van der Waals surface area contributed by atoms with Crippen LogP contribution < -0.4 is 10.6 Å². The highest BCUT2D eigenvalue weighted by molar-refractivity contribution is 5.42. The predicted molar refractivity (Wildman–Crippen MR) is 82.5 cm³/mol. The second kappa shape index (κ2) is 7.46. The summed E-state index contributed by atoms with van der Waals surface area (Å²) < 4.78 is 0. The Morgan fingerprint density at radius 2 is 1.89 bits per heavy atom. The summed E-state index contributed by atoms with van der Waals surface area (Å²) in [6, 6.07) is 4.17. The van der Waals surface area contributed by atoms with Gasteiger partial charge in [0.1, 0.15) is 5.82 Å². The van der Waals surface area contributed by atoms with Gasteiger partial charge in [0.15, 0.2) is 0 Å². The minimum absolute atomic E-state index is 0.569. The Morgan fingerprint density at radius 3 is 2.42 bits per heavy atom. The molecule has 0 saturated carbocycles. The first kappa shape index (κ1) is 15.9. The molecule has 108 valence electrons. The Balaban J connectivity index is 2.91. The summed E-state index contributed by atoms with van der Waals surface area (Å²) in [5.74, 6) is 1.67. The standard InChI is InChI=1S/C15H28N4/c1-12(2)11-19(7-6-18(4)5)15-9-14(10-16)8-13(3)17-15/h8-9,12H,6-7,10-11,16H2,1-5H3. The number of nitrogens with two attached hydrogens (primary N) is 1. The van der Waals surface area contributed by atoms with Gasteiger partial charge in [-0.25, -0.2) is 4.98 Å².